The molecule has 1 aliphatic rings. The van der Waals surface area contributed by atoms with Gasteiger partial charge in [0.05, 0.1) is 12.8 Å². The highest BCUT2D eigenvalue weighted by Crippen LogP contribution is 2.20. The standard InChI is InChI=1S/C18H17ClN2O2/c1-23-16-5-2-4-14(12-16)18(22)21-11-3-6-17(20-21)13-7-9-15(19)10-8-13/h2,4-5,7-10,12H,3,6,11H2,1H3. The molecule has 0 radical (unpaired) electrons. The van der Waals surface area contributed by atoms with Crippen LogP contribution in [-0.4, -0.2) is 30.3 Å². The number of benzene rings is 2. The average molecular weight is 329 g/mol. The van der Waals surface area contributed by atoms with Crippen molar-refractivity contribution < 1.29 is 9.53 Å². The van der Waals surface area contributed by atoms with Crippen LogP contribution in [-0.2, 0) is 0 Å². The van der Waals surface area contributed by atoms with Crippen LogP contribution in [0.4, 0.5) is 0 Å². The fraction of sp³-hybridized carbons (Fsp3) is 0.222. The molecule has 2 aromatic carbocycles. The number of carbonyl (C=O) groups is 1. The number of hydrazone groups is 1. The second kappa shape index (κ2) is 6.84. The van der Waals surface area contributed by atoms with Crippen molar-refractivity contribution in [1.29, 1.82) is 0 Å². The number of amides is 1. The lowest BCUT2D eigenvalue weighted by Gasteiger charge is -2.24. The quantitative estimate of drug-likeness (QED) is 0.855. The molecule has 2 aromatic rings. The minimum Gasteiger partial charge on any atom is -0.497 e. The van der Waals surface area contributed by atoms with Gasteiger partial charge in [-0.2, -0.15) is 5.10 Å². The van der Waals surface area contributed by atoms with Crippen molar-refractivity contribution in [2.45, 2.75) is 12.8 Å². The maximum absolute atomic E-state index is 12.6. The Labute approximate surface area is 140 Å². The van der Waals surface area contributed by atoms with Gasteiger partial charge < -0.3 is 4.74 Å². The minimum absolute atomic E-state index is 0.116. The molecule has 0 N–H and O–H groups in total. The number of methoxy groups -OCH3 is 1. The molecule has 1 aliphatic heterocycles. The average Bonchev–Trinajstić information content (AvgIpc) is 2.62. The second-order valence-corrected chi connectivity index (χ2v) is 5.75. The van der Waals surface area contributed by atoms with Crippen LogP contribution < -0.4 is 4.74 Å². The maximum atomic E-state index is 12.6. The molecule has 4 nitrogen and oxygen atoms in total. The number of halogens is 1. The third kappa shape index (κ3) is 3.54. The number of hydrogen-bond acceptors (Lipinski definition) is 3. The number of hydrogen-bond donors (Lipinski definition) is 0. The van der Waals surface area contributed by atoms with Gasteiger partial charge in [-0.3, -0.25) is 4.79 Å². The summed E-state index contributed by atoms with van der Waals surface area (Å²) < 4.78 is 5.17. The van der Waals surface area contributed by atoms with Crippen LogP contribution in [0.2, 0.25) is 5.02 Å². The molecular weight excluding hydrogens is 312 g/mol. The number of carbonyl (C=O) groups excluding carboxylic acids is 1. The first-order valence-electron chi connectivity index (χ1n) is 7.47. The highest BCUT2D eigenvalue weighted by atomic mass is 35.5. The number of rotatable bonds is 3. The zero-order valence-electron chi connectivity index (χ0n) is 12.8. The van der Waals surface area contributed by atoms with E-state index in [2.05, 4.69) is 5.10 Å². The normalized spacial score (nSPS) is 14.3. The third-order valence-corrected chi connectivity index (χ3v) is 4.01. The lowest BCUT2D eigenvalue weighted by atomic mass is 10.0. The SMILES string of the molecule is COc1cccc(C(=O)N2CCCC(c3ccc(Cl)cc3)=N2)c1. The summed E-state index contributed by atoms with van der Waals surface area (Å²) >= 11 is 5.92. The van der Waals surface area contributed by atoms with Crippen molar-refractivity contribution in [3.63, 3.8) is 0 Å². The molecule has 0 atom stereocenters. The lowest BCUT2D eigenvalue weighted by Crippen LogP contribution is -2.32. The van der Waals surface area contributed by atoms with Gasteiger partial charge in [-0.15, -0.1) is 0 Å². The van der Waals surface area contributed by atoms with Gasteiger partial charge in [0.1, 0.15) is 5.75 Å². The smallest absolute Gasteiger partial charge is 0.274 e. The predicted molar refractivity (Wildman–Crippen MR) is 91.3 cm³/mol. The molecular formula is C18H17ClN2O2. The van der Waals surface area contributed by atoms with E-state index >= 15 is 0 Å². The highest BCUT2D eigenvalue weighted by Gasteiger charge is 2.21. The van der Waals surface area contributed by atoms with Crippen molar-refractivity contribution in [3.8, 4) is 5.75 Å². The zero-order valence-corrected chi connectivity index (χ0v) is 13.6. The van der Waals surface area contributed by atoms with E-state index in [1.54, 1.807) is 25.3 Å². The van der Waals surface area contributed by atoms with Gasteiger partial charge >= 0.3 is 0 Å². The van der Waals surface area contributed by atoms with Gasteiger partial charge in [0.2, 0.25) is 0 Å². The lowest BCUT2D eigenvalue weighted by molar-refractivity contribution is 0.0751. The van der Waals surface area contributed by atoms with Crippen LogP contribution in [0.1, 0.15) is 28.8 Å². The Bertz CT molecular complexity index is 741. The molecule has 1 heterocycles. The Morgan fingerprint density at radius 3 is 2.74 bits per heavy atom. The molecule has 3 rings (SSSR count). The molecule has 23 heavy (non-hydrogen) atoms. The summed E-state index contributed by atoms with van der Waals surface area (Å²) in [5.74, 6) is 0.546. The first-order chi connectivity index (χ1) is 11.2. The van der Waals surface area contributed by atoms with E-state index in [4.69, 9.17) is 16.3 Å². The van der Waals surface area contributed by atoms with E-state index in [0.29, 0.717) is 22.9 Å². The fourth-order valence-electron chi connectivity index (χ4n) is 2.54. The summed E-state index contributed by atoms with van der Waals surface area (Å²) in [4.78, 5) is 12.6. The molecule has 5 heteroatoms. The van der Waals surface area contributed by atoms with Gasteiger partial charge in [0.15, 0.2) is 0 Å². The summed E-state index contributed by atoms with van der Waals surface area (Å²) in [7, 11) is 1.58. The topological polar surface area (TPSA) is 41.9 Å². The molecule has 0 unspecified atom stereocenters. The van der Waals surface area contributed by atoms with E-state index in [1.807, 2.05) is 30.3 Å². The van der Waals surface area contributed by atoms with Crippen LogP contribution >= 0.6 is 11.6 Å². The maximum Gasteiger partial charge on any atom is 0.274 e. The van der Waals surface area contributed by atoms with E-state index < -0.39 is 0 Å². The summed E-state index contributed by atoms with van der Waals surface area (Å²) in [6.45, 7) is 0.618. The Balaban J connectivity index is 1.85. The first-order valence-corrected chi connectivity index (χ1v) is 7.84. The number of nitrogens with zero attached hydrogens (tertiary/aromatic N) is 2. The van der Waals surface area contributed by atoms with Crippen molar-refractivity contribution in [3.05, 3.63) is 64.7 Å². The van der Waals surface area contributed by atoms with Gasteiger partial charge in [-0.05, 0) is 48.7 Å². The Morgan fingerprint density at radius 2 is 2.00 bits per heavy atom. The monoisotopic (exact) mass is 328 g/mol. The largest absolute Gasteiger partial charge is 0.497 e. The molecule has 0 aliphatic carbocycles. The van der Waals surface area contributed by atoms with Crippen molar-refractivity contribution in [2.75, 3.05) is 13.7 Å². The zero-order chi connectivity index (χ0) is 16.2. The predicted octanol–water partition coefficient (Wildman–Crippen LogP) is 3.99. The van der Waals surface area contributed by atoms with Crippen LogP contribution in [0.25, 0.3) is 0 Å². The first kappa shape index (κ1) is 15.6. The molecule has 0 saturated heterocycles. The van der Waals surface area contributed by atoms with E-state index in [0.717, 1.165) is 24.1 Å². The molecule has 118 valence electrons. The summed E-state index contributed by atoms with van der Waals surface area (Å²) in [5, 5.41) is 6.75. The molecule has 0 aromatic heterocycles. The summed E-state index contributed by atoms with van der Waals surface area (Å²) in [6.07, 6.45) is 1.74. The van der Waals surface area contributed by atoms with Crippen LogP contribution in [0.3, 0.4) is 0 Å². The van der Waals surface area contributed by atoms with Crippen LogP contribution in [0, 0.1) is 0 Å². The molecule has 1 amide bonds. The van der Waals surface area contributed by atoms with Crippen molar-refractivity contribution >= 4 is 23.2 Å². The van der Waals surface area contributed by atoms with Gasteiger partial charge in [-0.25, -0.2) is 5.01 Å². The molecule has 0 bridgehead atoms. The second-order valence-electron chi connectivity index (χ2n) is 5.32. The van der Waals surface area contributed by atoms with Crippen LogP contribution in [0.5, 0.6) is 5.75 Å². The third-order valence-electron chi connectivity index (χ3n) is 3.75. The molecule has 0 fully saturated rings. The fourth-order valence-corrected chi connectivity index (χ4v) is 2.66. The molecule has 0 spiro atoms. The Morgan fingerprint density at radius 1 is 1.22 bits per heavy atom. The minimum atomic E-state index is -0.116. The van der Waals surface area contributed by atoms with Crippen molar-refractivity contribution in [2.24, 2.45) is 5.10 Å². The highest BCUT2D eigenvalue weighted by molar-refractivity contribution is 6.30. The van der Waals surface area contributed by atoms with Crippen LogP contribution in [0.15, 0.2) is 53.6 Å². The van der Waals surface area contributed by atoms with Gasteiger partial charge in [0.25, 0.3) is 5.91 Å². The van der Waals surface area contributed by atoms with E-state index in [1.165, 1.54) is 5.01 Å². The summed E-state index contributed by atoms with van der Waals surface area (Å²) in [5.41, 5.74) is 2.48. The summed E-state index contributed by atoms with van der Waals surface area (Å²) in [6, 6.07) is 14.7. The van der Waals surface area contributed by atoms with Gasteiger partial charge in [-0.1, -0.05) is 29.8 Å². The Hall–Kier alpha value is -2.33. The Kier molecular flexibility index (Phi) is 4.63. The van der Waals surface area contributed by atoms with E-state index in [9.17, 15) is 4.79 Å². The molecule has 0 saturated carbocycles. The number of ether oxygens (including phenoxy) is 1. The van der Waals surface area contributed by atoms with Crippen molar-refractivity contribution in [1.82, 2.24) is 5.01 Å². The van der Waals surface area contributed by atoms with Gasteiger partial charge in [0, 0.05) is 17.1 Å². The van der Waals surface area contributed by atoms with E-state index in [-0.39, 0.29) is 5.91 Å².